The highest BCUT2D eigenvalue weighted by molar-refractivity contribution is 14.0. The van der Waals surface area contributed by atoms with Gasteiger partial charge in [-0.2, -0.15) is 18.3 Å². The molecule has 166 valence electrons. The smallest absolute Gasteiger partial charge is 0.422 e. The van der Waals surface area contributed by atoms with Crippen LogP contribution in [0.15, 0.2) is 41.7 Å². The zero-order valence-electron chi connectivity index (χ0n) is 17.0. The summed E-state index contributed by atoms with van der Waals surface area (Å²) in [4.78, 5) is 6.94. The first kappa shape index (κ1) is 24.3. The molecule has 2 aromatic rings. The van der Waals surface area contributed by atoms with Crippen LogP contribution in [-0.4, -0.2) is 53.1 Å². The van der Waals surface area contributed by atoms with E-state index in [0.29, 0.717) is 12.5 Å². The third-order valence-electron chi connectivity index (χ3n) is 4.76. The topological polar surface area (TPSA) is 54.7 Å². The van der Waals surface area contributed by atoms with Crippen LogP contribution in [-0.2, 0) is 13.6 Å². The molecule has 1 aromatic heterocycles. The summed E-state index contributed by atoms with van der Waals surface area (Å²) in [7, 11) is 1.92. The Kier molecular flexibility index (Phi) is 8.80. The number of rotatable bonds is 6. The van der Waals surface area contributed by atoms with Gasteiger partial charge in [0.2, 0.25) is 0 Å². The number of aromatic nitrogens is 2. The lowest BCUT2D eigenvalue weighted by molar-refractivity contribution is -0.153. The molecule has 2 heterocycles. The molecule has 1 saturated heterocycles. The third-order valence-corrected chi connectivity index (χ3v) is 4.76. The van der Waals surface area contributed by atoms with E-state index in [2.05, 4.69) is 21.5 Å². The number of guanidine groups is 1. The lowest BCUT2D eigenvalue weighted by Crippen LogP contribution is -2.40. The fourth-order valence-corrected chi connectivity index (χ4v) is 3.32. The van der Waals surface area contributed by atoms with Gasteiger partial charge in [0.15, 0.2) is 12.6 Å². The van der Waals surface area contributed by atoms with E-state index >= 15 is 0 Å². The largest absolute Gasteiger partial charge is 0.484 e. The maximum Gasteiger partial charge on any atom is 0.422 e. The van der Waals surface area contributed by atoms with Gasteiger partial charge in [-0.1, -0.05) is 12.1 Å². The van der Waals surface area contributed by atoms with Gasteiger partial charge in [-0.15, -0.1) is 24.0 Å². The maximum absolute atomic E-state index is 12.2. The molecule has 0 bridgehead atoms. The summed E-state index contributed by atoms with van der Waals surface area (Å²) in [6, 6.07) is 6.55. The van der Waals surface area contributed by atoms with Gasteiger partial charge in [0.05, 0.1) is 12.7 Å². The number of ether oxygens (including phenoxy) is 1. The predicted molar refractivity (Wildman–Crippen MR) is 120 cm³/mol. The molecular formula is C20H27F3IN5O. The number of hydrogen-bond acceptors (Lipinski definition) is 3. The minimum Gasteiger partial charge on any atom is -0.484 e. The summed E-state index contributed by atoms with van der Waals surface area (Å²) in [5.41, 5.74) is 2.14. The Hall–Kier alpha value is -1.98. The summed E-state index contributed by atoms with van der Waals surface area (Å²) in [5, 5.41) is 7.58. The van der Waals surface area contributed by atoms with Crippen LogP contribution in [0.4, 0.5) is 13.2 Å². The minimum atomic E-state index is -4.34. The van der Waals surface area contributed by atoms with Crippen molar-refractivity contribution in [2.24, 2.45) is 12.0 Å². The van der Waals surface area contributed by atoms with E-state index in [4.69, 9.17) is 9.73 Å². The molecule has 1 atom stereocenters. The second-order valence-corrected chi connectivity index (χ2v) is 7.10. The maximum atomic E-state index is 12.2. The number of nitrogens with one attached hydrogen (secondary N) is 1. The summed E-state index contributed by atoms with van der Waals surface area (Å²) in [6.07, 6.45) is 0.676. The molecule has 0 aliphatic carbocycles. The number of nitrogens with zero attached hydrogens (tertiary/aromatic N) is 4. The lowest BCUT2D eigenvalue weighted by Gasteiger charge is -2.21. The summed E-state index contributed by atoms with van der Waals surface area (Å²) in [6.45, 7) is 3.73. The number of likely N-dealkylation sites (tertiary alicyclic amines) is 1. The molecular weight excluding hydrogens is 510 g/mol. The molecule has 6 nitrogen and oxygen atoms in total. The Balaban J connectivity index is 0.00000320. The number of benzene rings is 1. The molecule has 1 fully saturated rings. The Morgan fingerprint density at radius 1 is 1.30 bits per heavy atom. The highest BCUT2D eigenvalue weighted by atomic mass is 127. The van der Waals surface area contributed by atoms with Gasteiger partial charge in [-0.05, 0) is 36.6 Å². The lowest BCUT2D eigenvalue weighted by atomic mass is 10.0. The Bertz CT molecular complexity index is 823. The van der Waals surface area contributed by atoms with Gasteiger partial charge in [0.25, 0.3) is 0 Å². The van der Waals surface area contributed by atoms with E-state index in [1.54, 1.807) is 12.1 Å². The first-order valence-corrected chi connectivity index (χ1v) is 9.64. The molecule has 0 amide bonds. The molecule has 1 aliphatic heterocycles. The molecule has 1 unspecified atom stereocenters. The van der Waals surface area contributed by atoms with E-state index in [1.807, 2.05) is 24.9 Å². The molecule has 0 radical (unpaired) electrons. The van der Waals surface area contributed by atoms with Crippen molar-refractivity contribution < 1.29 is 17.9 Å². The highest BCUT2D eigenvalue weighted by Crippen LogP contribution is 2.27. The Labute approximate surface area is 191 Å². The van der Waals surface area contributed by atoms with Crippen molar-refractivity contribution in [2.75, 3.05) is 26.2 Å². The summed E-state index contributed by atoms with van der Waals surface area (Å²) in [5.74, 6) is 1.47. The number of halogens is 4. The van der Waals surface area contributed by atoms with Crippen LogP contribution in [0.1, 0.15) is 30.4 Å². The highest BCUT2D eigenvalue weighted by Gasteiger charge is 2.28. The number of hydrogen-bond donors (Lipinski definition) is 1. The monoisotopic (exact) mass is 537 g/mol. The summed E-state index contributed by atoms with van der Waals surface area (Å²) >= 11 is 0. The van der Waals surface area contributed by atoms with Crippen molar-refractivity contribution in [1.29, 1.82) is 0 Å². The zero-order chi connectivity index (χ0) is 20.9. The predicted octanol–water partition coefficient (Wildman–Crippen LogP) is 3.93. The van der Waals surface area contributed by atoms with E-state index in [-0.39, 0.29) is 29.7 Å². The number of aryl methyl sites for hydroxylation is 1. The molecule has 0 saturated carbocycles. The van der Waals surface area contributed by atoms with Crippen molar-refractivity contribution in [3.05, 3.63) is 47.8 Å². The second kappa shape index (κ2) is 10.9. The van der Waals surface area contributed by atoms with Crippen LogP contribution in [0.3, 0.4) is 0 Å². The Morgan fingerprint density at radius 2 is 2.03 bits per heavy atom. The molecule has 1 aliphatic rings. The van der Waals surface area contributed by atoms with Gasteiger partial charge in [-0.3, -0.25) is 4.68 Å². The van der Waals surface area contributed by atoms with Crippen molar-refractivity contribution in [3.63, 3.8) is 0 Å². The normalized spacial score (nSPS) is 17.0. The van der Waals surface area contributed by atoms with Crippen LogP contribution in [0, 0.1) is 0 Å². The molecule has 3 rings (SSSR count). The van der Waals surface area contributed by atoms with E-state index in [1.165, 1.54) is 17.7 Å². The molecule has 1 aromatic carbocycles. The van der Waals surface area contributed by atoms with Gasteiger partial charge in [0.1, 0.15) is 5.75 Å². The van der Waals surface area contributed by atoms with Crippen LogP contribution >= 0.6 is 24.0 Å². The number of aliphatic imine (C=N–C) groups is 1. The third kappa shape index (κ3) is 7.06. The zero-order valence-corrected chi connectivity index (χ0v) is 19.4. The molecule has 10 heteroatoms. The standard InChI is InChI=1S/C20H26F3N5O.HI/c1-3-24-19(28-9-8-16(13-28)17-11-26-27(2)12-17)25-10-15-4-6-18(7-5-15)29-14-20(21,22)23;/h4-7,11-12,16H,3,8-10,13-14H2,1-2H3,(H,24,25);1H. The minimum absolute atomic E-state index is 0. The van der Waals surface area contributed by atoms with Crippen molar-refractivity contribution in [1.82, 2.24) is 20.0 Å². The fraction of sp³-hybridized carbons (Fsp3) is 0.500. The van der Waals surface area contributed by atoms with Gasteiger partial charge in [0, 0.05) is 38.8 Å². The van der Waals surface area contributed by atoms with E-state index in [0.717, 1.165) is 37.6 Å². The van der Waals surface area contributed by atoms with E-state index < -0.39 is 12.8 Å². The SMILES string of the molecule is CCNC(=NCc1ccc(OCC(F)(F)F)cc1)N1CCC(c2cnn(C)c2)C1.I. The van der Waals surface area contributed by atoms with E-state index in [9.17, 15) is 13.2 Å². The first-order chi connectivity index (χ1) is 13.8. The van der Waals surface area contributed by atoms with Gasteiger partial charge >= 0.3 is 6.18 Å². The number of alkyl halides is 3. The first-order valence-electron chi connectivity index (χ1n) is 9.64. The average molecular weight is 537 g/mol. The summed E-state index contributed by atoms with van der Waals surface area (Å²) < 4.78 is 43.2. The Morgan fingerprint density at radius 3 is 2.63 bits per heavy atom. The fourth-order valence-electron chi connectivity index (χ4n) is 3.32. The van der Waals surface area contributed by atoms with Crippen molar-refractivity contribution >= 4 is 29.9 Å². The molecule has 1 N–H and O–H groups in total. The van der Waals surface area contributed by atoms with Crippen LogP contribution < -0.4 is 10.1 Å². The van der Waals surface area contributed by atoms with Crippen molar-refractivity contribution in [2.45, 2.75) is 32.0 Å². The van der Waals surface area contributed by atoms with Crippen LogP contribution in [0.25, 0.3) is 0 Å². The average Bonchev–Trinajstić information content (AvgIpc) is 3.33. The second-order valence-electron chi connectivity index (χ2n) is 7.10. The van der Waals surface area contributed by atoms with Crippen LogP contribution in [0.2, 0.25) is 0 Å². The van der Waals surface area contributed by atoms with Gasteiger partial charge in [-0.25, -0.2) is 4.99 Å². The molecule has 30 heavy (non-hydrogen) atoms. The molecule has 0 spiro atoms. The quantitative estimate of drug-likeness (QED) is 0.345. The van der Waals surface area contributed by atoms with Gasteiger partial charge < -0.3 is 15.0 Å². The van der Waals surface area contributed by atoms with Crippen LogP contribution in [0.5, 0.6) is 5.75 Å². The van der Waals surface area contributed by atoms with Crippen molar-refractivity contribution in [3.8, 4) is 5.75 Å².